The van der Waals surface area contributed by atoms with Crippen LogP contribution in [-0.2, 0) is 21.4 Å². The highest BCUT2D eigenvalue weighted by Gasteiger charge is 2.35. The third kappa shape index (κ3) is 4.88. The van der Waals surface area contributed by atoms with Gasteiger partial charge >= 0.3 is 0 Å². The number of amides is 1. The maximum atomic E-state index is 12.9. The number of hydrogen-bond acceptors (Lipinski definition) is 5. The zero-order valence-electron chi connectivity index (χ0n) is 15.3. The Hall–Kier alpha value is -1.90. The molecule has 1 aliphatic heterocycles. The standard InChI is InChI=1S/C19H24N2O4S2/c1-25-17-9-7-15(8-10-17)14-20-18(22)13-16-5-2-3-11-21(16)27(23,24)19-6-4-12-26-19/h4,6-10,12,16H,2-3,5,11,13-14H2,1H3,(H,20,22)/t16-/m0/s1. The van der Waals surface area contributed by atoms with E-state index in [-0.39, 0.29) is 18.4 Å². The van der Waals surface area contributed by atoms with Crippen molar-refractivity contribution in [2.24, 2.45) is 0 Å². The van der Waals surface area contributed by atoms with Crippen LogP contribution in [0.4, 0.5) is 0 Å². The molecule has 0 bridgehead atoms. The molecule has 2 aromatic rings. The molecule has 27 heavy (non-hydrogen) atoms. The van der Waals surface area contributed by atoms with E-state index in [1.165, 1.54) is 15.6 Å². The molecular weight excluding hydrogens is 384 g/mol. The fraction of sp³-hybridized carbons (Fsp3) is 0.421. The molecule has 1 saturated heterocycles. The molecule has 0 radical (unpaired) electrons. The van der Waals surface area contributed by atoms with Crippen molar-refractivity contribution in [3.05, 3.63) is 47.3 Å². The van der Waals surface area contributed by atoms with Gasteiger partial charge in [-0.3, -0.25) is 4.79 Å². The lowest BCUT2D eigenvalue weighted by Crippen LogP contribution is -2.45. The highest BCUT2D eigenvalue weighted by atomic mass is 32.2. The quantitative estimate of drug-likeness (QED) is 0.764. The highest BCUT2D eigenvalue weighted by molar-refractivity contribution is 7.91. The Morgan fingerprint density at radius 3 is 2.70 bits per heavy atom. The lowest BCUT2D eigenvalue weighted by Gasteiger charge is -2.34. The van der Waals surface area contributed by atoms with Crippen LogP contribution in [-0.4, -0.2) is 38.3 Å². The first-order valence-electron chi connectivity index (χ1n) is 8.95. The van der Waals surface area contributed by atoms with E-state index in [0.29, 0.717) is 23.7 Å². The molecule has 0 spiro atoms. The van der Waals surface area contributed by atoms with Crippen molar-refractivity contribution in [1.82, 2.24) is 9.62 Å². The summed E-state index contributed by atoms with van der Waals surface area (Å²) in [5.74, 6) is 0.630. The summed E-state index contributed by atoms with van der Waals surface area (Å²) in [5.41, 5.74) is 0.968. The number of benzene rings is 1. The number of carbonyl (C=O) groups excluding carboxylic acids is 1. The van der Waals surface area contributed by atoms with Crippen LogP contribution in [0.15, 0.2) is 46.0 Å². The SMILES string of the molecule is COc1ccc(CNC(=O)C[C@@H]2CCCCN2S(=O)(=O)c2cccs2)cc1. The van der Waals surface area contributed by atoms with Gasteiger partial charge in [0, 0.05) is 25.6 Å². The molecule has 146 valence electrons. The predicted molar refractivity (Wildman–Crippen MR) is 105 cm³/mol. The van der Waals surface area contributed by atoms with Gasteiger partial charge in [0.05, 0.1) is 7.11 Å². The number of ether oxygens (including phenoxy) is 1. The van der Waals surface area contributed by atoms with Crippen molar-refractivity contribution < 1.29 is 17.9 Å². The molecule has 1 aromatic heterocycles. The Balaban J connectivity index is 1.61. The van der Waals surface area contributed by atoms with E-state index in [1.54, 1.807) is 24.6 Å². The van der Waals surface area contributed by atoms with Crippen LogP contribution in [0.25, 0.3) is 0 Å². The van der Waals surface area contributed by atoms with Gasteiger partial charge in [-0.05, 0) is 42.0 Å². The van der Waals surface area contributed by atoms with Gasteiger partial charge in [0.2, 0.25) is 5.91 Å². The maximum absolute atomic E-state index is 12.9. The van der Waals surface area contributed by atoms with E-state index >= 15 is 0 Å². The second-order valence-corrected chi connectivity index (χ2v) is 9.59. The van der Waals surface area contributed by atoms with Gasteiger partial charge in [-0.2, -0.15) is 4.31 Å². The van der Waals surface area contributed by atoms with E-state index in [4.69, 9.17) is 4.74 Å². The molecule has 1 aromatic carbocycles. The van der Waals surface area contributed by atoms with Gasteiger partial charge in [0.25, 0.3) is 10.0 Å². The van der Waals surface area contributed by atoms with Crippen molar-refractivity contribution in [3.8, 4) is 5.75 Å². The molecule has 0 unspecified atom stereocenters. The lowest BCUT2D eigenvalue weighted by atomic mass is 10.0. The molecule has 1 amide bonds. The van der Waals surface area contributed by atoms with Gasteiger partial charge in [0.15, 0.2) is 0 Å². The van der Waals surface area contributed by atoms with Gasteiger partial charge in [0.1, 0.15) is 9.96 Å². The van der Waals surface area contributed by atoms with Crippen molar-refractivity contribution in [2.45, 2.75) is 42.5 Å². The number of piperidine rings is 1. The Morgan fingerprint density at radius 2 is 2.04 bits per heavy atom. The van der Waals surface area contributed by atoms with E-state index in [2.05, 4.69) is 5.32 Å². The van der Waals surface area contributed by atoms with Gasteiger partial charge < -0.3 is 10.1 Å². The second-order valence-electron chi connectivity index (χ2n) is 6.53. The zero-order chi connectivity index (χ0) is 19.3. The minimum atomic E-state index is -3.53. The summed E-state index contributed by atoms with van der Waals surface area (Å²) in [5, 5.41) is 4.65. The number of hydrogen-bond donors (Lipinski definition) is 1. The highest BCUT2D eigenvalue weighted by Crippen LogP contribution is 2.29. The number of nitrogens with one attached hydrogen (secondary N) is 1. The summed E-state index contributed by atoms with van der Waals surface area (Å²) in [6.45, 7) is 0.879. The average molecular weight is 409 g/mol. The molecule has 1 N–H and O–H groups in total. The number of sulfonamides is 1. The van der Waals surface area contributed by atoms with Crippen LogP contribution in [0.5, 0.6) is 5.75 Å². The van der Waals surface area contributed by atoms with Crippen molar-refractivity contribution in [3.63, 3.8) is 0 Å². The Morgan fingerprint density at radius 1 is 1.26 bits per heavy atom. The van der Waals surface area contributed by atoms with Crippen LogP contribution in [0.2, 0.25) is 0 Å². The summed E-state index contributed by atoms with van der Waals surface area (Å²) in [6.07, 6.45) is 2.66. The van der Waals surface area contributed by atoms with Gasteiger partial charge in [-0.15, -0.1) is 11.3 Å². The first-order valence-corrected chi connectivity index (χ1v) is 11.3. The molecular formula is C19H24N2O4S2. The Kier molecular flexibility index (Phi) is 6.51. The van der Waals surface area contributed by atoms with E-state index in [9.17, 15) is 13.2 Å². The van der Waals surface area contributed by atoms with Crippen molar-refractivity contribution in [1.29, 1.82) is 0 Å². The molecule has 1 aliphatic rings. The normalized spacial score (nSPS) is 18.2. The molecule has 2 heterocycles. The summed E-state index contributed by atoms with van der Waals surface area (Å²) < 4.78 is 32.7. The lowest BCUT2D eigenvalue weighted by molar-refractivity contribution is -0.122. The third-order valence-corrected chi connectivity index (χ3v) is 8.03. The van der Waals surface area contributed by atoms with Crippen LogP contribution >= 0.6 is 11.3 Å². The number of thiophene rings is 1. The Bertz CT molecular complexity index is 848. The molecule has 0 aliphatic carbocycles. The van der Waals surface area contributed by atoms with Crippen LogP contribution < -0.4 is 10.1 Å². The summed E-state index contributed by atoms with van der Waals surface area (Å²) in [6, 6.07) is 10.5. The topological polar surface area (TPSA) is 75.7 Å². The molecule has 6 nitrogen and oxygen atoms in total. The van der Waals surface area contributed by atoms with E-state index < -0.39 is 10.0 Å². The number of carbonyl (C=O) groups is 1. The van der Waals surface area contributed by atoms with E-state index in [0.717, 1.165) is 24.2 Å². The second kappa shape index (κ2) is 8.86. The first-order chi connectivity index (χ1) is 13.0. The predicted octanol–water partition coefficient (Wildman–Crippen LogP) is 3.01. The fourth-order valence-corrected chi connectivity index (χ4v) is 6.06. The number of methoxy groups -OCH3 is 1. The minimum absolute atomic E-state index is 0.135. The molecule has 1 atom stereocenters. The minimum Gasteiger partial charge on any atom is -0.497 e. The summed E-state index contributed by atoms with van der Waals surface area (Å²) in [7, 11) is -1.92. The molecule has 8 heteroatoms. The maximum Gasteiger partial charge on any atom is 0.252 e. The van der Waals surface area contributed by atoms with Crippen LogP contribution in [0.1, 0.15) is 31.2 Å². The smallest absolute Gasteiger partial charge is 0.252 e. The molecule has 1 fully saturated rings. The zero-order valence-corrected chi connectivity index (χ0v) is 16.9. The molecule has 3 rings (SSSR count). The van der Waals surface area contributed by atoms with Crippen LogP contribution in [0, 0.1) is 0 Å². The third-order valence-electron chi connectivity index (χ3n) is 4.70. The fourth-order valence-electron chi connectivity index (χ4n) is 3.25. The van der Waals surface area contributed by atoms with Crippen LogP contribution in [0.3, 0.4) is 0 Å². The Labute approximate surface area is 164 Å². The monoisotopic (exact) mass is 408 g/mol. The van der Waals surface area contributed by atoms with E-state index in [1.807, 2.05) is 24.3 Å². The van der Waals surface area contributed by atoms with Gasteiger partial charge in [-0.1, -0.05) is 24.6 Å². The number of nitrogens with zero attached hydrogens (tertiary/aromatic N) is 1. The van der Waals surface area contributed by atoms with Gasteiger partial charge in [-0.25, -0.2) is 8.42 Å². The van der Waals surface area contributed by atoms with Crippen molar-refractivity contribution in [2.75, 3.05) is 13.7 Å². The first kappa shape index (κ1) is 19.9. The number of rotatable bonds is 7. The largest absolute Gasteiger partial charge is 0.497 e. The summed E-state index contributed by atoms with van der Waals surface area (Å²) >= 11 is 1.21. The van der Waals surface area contributed by atoms with Crippen molar-refractivity contribution >= 4 is 27.3 Å². The molecule has 0 saturated carbocycles. The summed E-state index contributed by atoms with van der Waals surface area (Å²) in [4.78, 5) is 12.4. The average Bonchev–Trinajstić information content (AvgIpc) is 3.23.